The van der Waals surface area contributed by atoms with E-state index in [9.17, 15) is 4.79 Å². The zero-order chi connectivity index (χ0) is 10.8. The maximum Gasteiger partial charge on any atom is 0.247 e. The number of hydrogen-bond donors (Lipinski definition) is 1. The molecule has 6 nitrogen and oxygen atoms in total. The Hall–Kier alpha value is -1.43. The molecular formula is C9H14N4O2. The molecule has 0 spiro atoms. The minimum Gasteiger partial charge on any atom is -0.396 e. The number of nitrogens with zero attached hydrogens (tertiary/aromatic N) is 4. The quantitative estimate of drug-likeness (QED) is 0.710. The van der Waals surface area contributed by atoms with Crippen LogP contribution in [0.5, 0.6) is 0 Å². The van der Waals surface area contributed by atoms with Crippen LogP contribution < -0.4 is 0 Å². The number of aliphatic hydroxyl groups is 1. The molecule has 0 bridgehead atoms. The Morgan fingerprint density at radius 1 is 1.67 bits per heavy atom. The monoisotopic (exact) mass is 210 g/mol. The molecule has 1 N–H and O–H groups in total. The topological polar surface area (TPSA) is 71.2 Å². The zero-order valence-corrected chi connectivity index (χ0v) is 8.63. The Labute approximate surface area is 87.5 Å². The average molecular weight is 210 g/mol. The number of carbonyl (C=O) groups is 1. The van der Waals surface area contributed by atoms with Gasteiger partial charge in [0.2, 0.25) is 5.91 Å². The molecule has 0 saturated carbocycles. The van der Waals surface area contributed by atoms with Gasteiger partial charge in [-0.2, -0.15) is 0 Å². The molecule has 1 aromatic rings. The summed E-state index contributed by atoms with van der Waals surface area (Å²) >= 11 is 0. The van der Waals surface area contributed by atoms with E-state index in [0.29, 0.717) is 6.42 Å². The fourth-order valence-electron chi connectivity index (χ4n) is 1.74. The predicted octanol–water partition coefficient (Wildman–Crippen LogP) is -0.784. The molecule has 1 saturated heterocycles. The first-order chi connectivity index (χ1) is 7.22. The van der Waals surface area contributed by atoms with Crippen molar-refractivity contribution in [1.82, 2.24) is 19.9 Å². The van der Waals surface area contributed by atoms with Crippen LogP contribution in [-0.4, -0.2) is 51.1 Å². The van der Waals surface area contributed by atoms with Crippen LogP contribution in [-0.2, 0) is 11.2 Å². The first-order valence-electron chi connectivity index (χ1n) is 4.99. The number of likely N-dealkylation sites (N-methyl/N-ethyl adjacent to an activating group) is 1. The molecule has 1 aromatic heterocycles. The molecule has 15 heavy (non-hydrogen) atoms. The third kappa shape index (κ3) is 1.85. The Morgan fingerprint density at radius 2 is 2.47 bits per heavy atom. The first kappa shape index (κ1) is 10.1. The fourth-order valence-corrected chi connectivity index (χ4v) is 1.74. The number of likely N-dealkylation sites (tertiary alicyclic amines) is 1. The number of hydrogen-bond acceptors (Lipinski definition) is 4. The maximum absolute atomic E-state index is 11.7. The second-order valence-corrected chi connectivity index (χ2v) is 3.73. The van der Waals surface area contributed by atoms with Crippen LogP contribution in [0.25, 0.3) is 0 Å². The Balaban J connectivity index is 2.12. The van der Waals surface area contributed by atoms with Crippen LogP contribution in [0.2, 0.25) is 0 Å². The molecule has 0 aliphatic carbocycles. The van der Waals surface area contributed by atoms with Crippen molar-refractivity contribution in [1.29, 1.82) is 0 Å². The van der Waals surface area contributed by atoms with Gasteiger partial charge in [0.15, 0.2) is 0 Å². The highest BCUT2D eigenvalue weighted by atomic mass is 16.3. The highest BCUT2D eigenvalue weighted by molar-refractivity contribution is 5.82. The molecular weight excluding hydrogens is 196 g/mol. The lowest BCUT2D eigenvalue weighted by molar-refractivity contribution is -0.129. The van der Waals surface area contributed by atoms with Crippen molar-refractivity contribution in [3.63, 3.8) is 0 Å². The largest absolute Gasteiger partial charge is 0.396 e. The van der Waals surface area contributed by atoms with Crippen LogP contribution in [0, 0.1) is 0 Å². The number of carbonyl (C=O) groups excluding carboxylic acids is 1. The van der Waals surface area contributed by atoms with E-state index < -0.39 is 0 Å². The standard InChI is InChI=1S/C9H14N4O2/c1-12-4-2-8(9(12)15)13-6-7(3-5-14)10-11-13/h6,8,14H,2-5H2,1H3. The van der Waals surface area contributed by atoms with E-state index in [1.807, 2.05) is 0 Å². The molecule has 0 aromatic carbocycles. The summed E-state index contributed by atoms with van der Waals surface area (Å²) in [5, 5.41) is 16.5. The minimum atomic E-state index is -0.213. The van der Waals surface area contributed by atoms with Crippen molar-refractivity contribution in [3.05, 3.63) is 11.9 Å². The van der Waals surface area contributed by atoms with E-state index in [-0.39, 0.29) is 18.6 Å². The van der Waals surface area contributed by atoms with Gasteiger partial charge in [-0.15, -0.1) is 5.10 Å². The van der Waals surface area contributed by atoms with E-state index in [1.165, 1.54) is 0 Å². The van der Waals surface area contributed by atoms with E-state index in [0.717, 1.165) is 18.7 Å². The van der Waals surface area contributed by atoms with E-state index >= 15 is 0 Å². The second kappa shape index (κ2) is 3.98. The van der Waals surface area contributed by atoms with E-state index in [1.54, 1.807) is 22.8 Å². The normalized spacial score (nSPS) is 21.3. The molecule has 1 unspecified atom stereocenters. The zero-order valence-electron chi connectivity index (χ0n) is 8.63. The summed E-state index contributed by atoms with van der Waals surface area (Å²) in [7, 11) is 1.79. The van der Waals surface area contributed by atoms with Gasteiger partial charge >= 0.3 is 0 Å². The van der Waals surface area contributed by atoms with Crippen molar-refractivity contribution in [2.24, 2.45) is 0 Å². The molecule has 82 valence electrons. The summed E-state index contributed by atoms with van der Waals surface area (Å²) in [5.41, 5.74) is 0.722. The van der Waals surface area contributed by atoms with Crippen molar-refractivity contribution in [3.8, 4) is 0 Å². The third-order valence-corrected chi connectivity index (χ3v) is 2.64. The number of aliphatic hydroxyl groups excluding tert-OH is 1. The molecule has 1 atom stereocenters. The third-order valence-electron chi connectivity index (χ3n) is 2.64. The van der Waals surface area contributed by atoms with Crippen LogP contribution in [0.15, 0.2) is 6.20 Å². The lowest BCUT2D eigenvalue weighted by Gasteiger charge is -2.09. The van der Waals surface area contributed by atoms with Gasteiger partial charge in [-0.1, -0.05) is 5.21 Å². The van der Waals surface area contributed by atoms with Crippen molar-refractivity contribution in [2.45, 2.75) is 18.9 Å². The van der Waals surface area contributed by atoms with Gasteiger partial charge < -0.3 is 10.0 Å². The van der Waals surface area contributed by atoms with Crippen molar-refractivity contribution < 1.29 is 9.90 Å². The van der Waals surface area contributed by atoms with Gasteiger partial charge in [0, 0.05) is 32.8 Å². The molecule has 0 radical (unpaired) electrons. The molecule has 6 heteroatoms. The highest BCUT2D eigenvalue weighted by Gasteiger charge is 2.31. The first-order valence-corrected chi connectivity index (χ1v) is 4.99. The Bertz CT molecular complexity index is 363. The van der Waals surface area contributed by atoms with E-state index in [4.69, 9.17) is 5.11 Å². The number of rotatable bonds is 3. The molecule has 1 aliphatic rings. The van der Waals surface area contributed by atoms with Crippen LogP contribution in [0.3, 0.4) is 0 Å². The SMILES string of the molecule is CN1CCC(n2cc(CCO)nn2)C1=O. The number of aromatic nitrogens is 3. The molecule has 2 heterocycles. The summed E-state index contributed by atoms with van der Waals surface area (Å²) in [5.74, 6) is 0.0791. The number of amides is 1. The van der Waals surface area contributed by atoms with Crippen molar-refractivity contribution in [2.75, 3.05) is 20.2 Å². The van der Waals surface area contributed by atoms with Crippen molar-refractivity contribution >= 4 is 5.91 Å². The second-order valence-electron chi connectivity index (χ2n) is 3.73. The minimum absolute atomic E-state index is 0.0528. The van der Waals surface area contributed by atoms with Gasteiger partial charge in [0.05, 0.1) is 5.69 Å². The van der Waals surface area contributed by atoms with Gasteiger partial charge in [-0.05, 0) is 6.42 Å². The van der Waals surface area contributed by atoms with Gasteiger partial charge in [-0.25, -0.2) is 4.68 Å². The lowest BCUT2D eigenvalue weighted by atomic mass is 10.2. The Morgan fingerprint density at radius 3 is 3.07 bits per heavy atom. The van der Waals surface area contributed by atoms with Crippen LogP contribution in [0.1, 0.15) is 18.2 Å². The molecule has 1 amide bonds. The maximum atomic E-state index is 11.7. The Kier molecular flexibility index (Phi) is 2.68. The van der Waals surface area contributed by atoms with Gasteiger partial charge in [0.1, 0.15) is 6.04 Å². The molecule has 1 fully saturated rings. The van der Waals surface area contributed by atoms with E-state index in [2.05, 4.69) is 10.3 Å². The predicted molar refractivity (Wildman–Crippen MR) is 52.1 cm³/mol. The fraction of sp³-hybridized carbons (Fsp3) is 0.667. The van der Waals surface area contributed by atoms with Crippen LogP contribution in [0.4, 0.5) is 0 Å². The van der Waals surface area contributed by atoms with Gasteiger partial charge in [-0.3, -0.25) is 4.79 Å². The lowest BCUT2D eigenvalue weighted by Crippen LogP contribution is -2.24. The molecule has 1 aliphatic heterocycles. The van der Waals surface area contributed by atoms with Crippen LogP contribution >= 0.6 is 0 Å². The summed E-state index contributed by atoms with van der Waals surface area (Å²) in [6, 6.07) is -0.213. The smallest absolute Gasteiger partial charge is 0.247 e. The molecule has 2 rings (SSSR count). The highest BCUT2D eigenvalue weighted by Crippen LogP contribution is 2.20. The summed E-state index contributed by atoms with van der Waals surface area (Å²) in [6.07, 6.45) is 2.99. The average Bonchev–Trinajstić information content (AvgIpc) is 2.77. The summed E-state index contributed by atoms with van der Waals surface area (Å²) in [6.45, 7) is 0.815. The van der Waals surface area contributed by atoms with Gasteiger partial charge in [0.25, 0.3) is 0 Å². The summed E-state index contributed by atoms with van der Waals surface area (Å²) < 4.78 is 1.59. The summed E-state index contributed by atoms with van der Waals surface area (Å²) in [4.78, 5) is 13.4.